The van der Waals surface area contributed by atoms with E-state index in [1.165, 1.54) is 18.5 Å². The van der Waals surface area contributed by atoms with Gasteiger partial charge in [-0.2, -0.15) is 0 Å². The van der Waals surface area contributed by atoms with Crippen LogP contribution in [0.2, 0.25) is 0 Å². The van der Waals surface area contributed by atoms with Crippen LogP contribution in [-0.2, 0) is 14.3 Å². The summed E-state index contributed by atoms with van der Waals surface area (Å²) in [7, 11) is 0. The molecule has 1 atom stereocenters. The summed E-state index contributed by atoms with van der Waals surface area (Å²) in [5.41, 5.74) is -1.10. The van der Waals surface area contributed by atoms with Crippen molar-refractivity contribution in [2.24, 2.45) is 0 Å². The van der Waals surface area contributed by atoms with E-state index in [0.717, 1.165) is 18.6 Å². The maximum Gasteiger partial charge on any atom is 0.252 e. The van der Waals surface area contributed by atoms with E-state index in [2.05, 4.69) is 15.3 Å². The molecule has 8 nitrogen and oxygen atoms in total. The van der Waals surface area contributed by atoms with E-state index < -0.39 is 35.3 Å². The van der Waals surface area contributed by atoms with Crippen molar-refractivity contribution in [3.8, 4) is 5.75 Å². The first-order valence-electron chi connectivity index (χ1n) is 10.6. The molecule has 2 aliphatic rings. The van der Waals surface area contributed by atoms with E-state index >= 15 is 0 Å². The Hall–Kier alpha value is -2.69. The molecule has 1 amide bonds. The van der Waals surface area contributed by atoms with Crippen LogP contribution < -0.4 is 10.1 Å². The Bertz CT molecular complexity index is 921. The second-order valence-electron chi connectivity index (χ2n) is 8.01. The van der Waals surface area contributed by atoms with Crippen molar-refractivity contribution in [2.75, 3.05) is 13.2 Å². The predicted octanol–water partition coefficient (Wildman–Crippen LogP) is 2.43. The third-order valence-corrected chi connectivity index (χ3v) is 5.57. The lowest BCUT2D eigenvalue weighted by atomic mass is 9.76. The second-order valence-corrected chi connectivity index (χ2v) is 8.01. The zero-order chi connectivity index (χ0) is 22.6. The molecule has 32 heavy (non-hydrogen) atoms. The number of aromatic nitrogens is 2. The van der Waals surface area contributed by atoms with Crippen LogP contribution in [0, 0.1) is 11.6 Å². The van der Waals surface area contributed by atoms with Gasteiger partial charge in [0.25, 0.3) is 5.91 Å². The van der Waals surface area contributed by atoms with Crippen molar-refractivity contribution in [1.29, 1.82) is 0 Å². The third-order valence-electron chi connectivity index (χ3n) is 5.57. The minimum absolute atomic E-state index is 0.0162. The van der Waals surface area contributed by atoms with Gasteiger partial charge in [-0.05, 0) is 25.0 Å². The quantitative estimate of drug-likeness (QED) is 0.638. The number of aliphatic hydroxyl groups is 1. The molecule has 1 saturated heterocycles. The summed E-state index contributed by atoms with van der Waals surface area (Å²) in [6.45, 7) is 1.26. The van der Waals surface area contributed by atoms with E-state index in [1.807, 2.05) is 0 Å². The molecule has 2 fully saturated rings. The van der Waals surface area contributed by atoms with E-state index in [9.17, 15) is 18.7 Å². The number of rotatable bonds is 8. The van der Waals surface area contributed by atoms with Crippen LogP contribution >= 0.6 is 0 Å². The average Bonchev–Trinajstić information content (AvgIpc) is 2.78. The molecule has 1 aliphatic carbocycles. The fraction of sp³-hybridized carbons (Fsp3) is 0.500. The highest BCUT2D eigenvalue weighted by Crippen LogP contribution is 2.37. The Morgan fingerprint density at radius 1 is 1.28 bits per heavy atom. The van der Waals surface area contributed by atoms with Crippen LogP contribution in [0.15, 0.2) is 36.8 Å². The molecule has 1 aromatic carbocycles. The summed E-state index contributed by atoms with van der Waals surface area (Å²) >= 11 is 0. The Kier molecular flexibility index (Phi) is 6.92. The Morgan fingerprint density at radius 2 is 2.06 bits per heavy atom. The van der Waals surface area contributed by atoms with Crippen LogP contribution in [0.3, 0.4) is 0 Å². The normalized spacial score (nSPS) is 24.4. The molecular formula is C22H25F2N3O5. The number of amides is 1. The van der Waals surface area contributed by atoms with Crippen LogP contribution in [0.25, 0.3) is 0 Å². The lowest BCUT2D eigenvalue weighted by Crippen LogP contribution is -2.59. The molecule has 0 spiro atoms. The second kappa shape index (κ2) is 9.85. The van der Waals surface area contributed by atoms with Gasteiger partial charge in [-0.15, -0.1) is 0 Å². The molecule has 0 unspecified atom stereocenters. The van der Waals surface area contributed by atoms with Gasteiger partial charge in [0.2, 0.25) is 0 Å². The Labute approximate surface area is 183 Å². The standard InChI is InChI=1S/C22H25F2N3O5/c23-14-2-4-19(16(24)10-14)32-15-11-22(29,12-15)21(28)27-17(18-13-25-6-7-26-18)3-5-20-30-8-1-9-31-20/h2,4,6-7,10,13,15,17,20,29H,1,3,5,8-9,11-12H2,(H,27,28)/t15?,17-,22?/m0/s1. The van der Waals surface area contributed by atoms with Gasteiger partial charge in [0, 0.05) is 37.7 Å². The highest BCUT2D eigenvalue weighted by atomic mass is 19.1. The summed E-state index contributed by atoms with van der Waals surface area (Å²) in [5, 5.41) is 13.6. The highest BCUT2D eigenvalue weighted by molar-refractivity contribution is 5.86. The summed E-state index contributed by atoms with van der Waals surface area (Å²) in [4.78, 5) is 21.2. The molecule has 2 N–H and O–H groups in total. The molecule has 0 bridgehead atoms. The molecule has 10 heteroatoms. The van der Waals surface area contributed by atoms with Gasteiger partial charge in [-0.3, -0.25) is 14.8 Å². The van der Waals surface area contributed by atoms with Gasteiger partial charge in [0.1, 0.15) is 17.5 Å². The lowest BCUT2D eigenvalue weighted by molar-refractivity contribution is -0.182. The lowest BCUT2D eigenvalue weighted by Gasteiger charge is -2.42. The maximum absolute atomic E-state index is 13.8. The number of benzene rings is 1. The number of hydrogen-bond donors (Lipinski definition) is 2. The zero-order valence-electron chi connectivity index (χ0n) is 17.4. The van der Waals surface area contributed by atoms with Crippen molar-refractivity contribution in [1.82, 2.24) is 15.3 Å². The summed E-state index contributed by atoms with van der Waals surface area (Å²) in [6.07, 6.45) is 5.53. The van der Waals surface area contributed by atoms with Gasteiger partial charge in [0.05, 0.1) is 31.1 Å². The maximum atomic E-state index is 13.8. The molecule has 1 saturated carbocycles. The number of nitrogens with zero attached hydrogens (tertiary/aromatic N) is 2. The van der Waals surface area contributed by atoms with Crippen molar-refractivity contribution >= 4 is 5.91 Å². The number of nitrogens with one attached hydrogen (secondary N) is 1. The minimum Gasteiger partial charge on any atom is -0.487 e. The summed E-state index contributed by atoms with van der Waals surface area (Å²) < 4.78 is 43.4. The number of carbonyl (C=O) groups is 1. The molecule has 2 aromatic rings. The van der Waals surface area contributed by atoms with Crippen LogP contribution in [0.1, 0.15) is 43.8 Å². The smallest absolute Gasteiger partial charge is 0.252 e. The number of carbonyl (C=O) groups excluding carboxylic acids is 1. The highest BCUT2D eigenvalue weighted by Gasteiger charge is 2.51. The van der Waals surface area contributed by atoms with Crippen molar-refractivity contribution in [3.63, 3.8) is 0 Å². The van der Waals surface area contributed by atoms with Gasteiger partial charge in [-0.1, -0.05) is 0 Å². The van der Waals surface area contributed by atoms with E-state index in [1.54, 1.807) is 6.20 Å². The number of ether oxygens (including phenoxy) is 3. The number of halogens is 2. The van der Waals surface area contributed by atoms with E-state index in [0.29, 0.717) is 31.7 Å². The van der Waals surface area contributed by atoms with Gasteiger partial charge in [0.15, 0.2) is 17.9 Å². The zero-order valence-corrected chi connectivity index (χ0v) is 17.4. The SMILES string of the molecule is O=C(N[C@@H](CCC1OCCCO1)c1cnccn1)C1(O)CC(Oc2ccc(F)cc2F)C1. The van der Waals surface area contributed by atoms with Gasteiger partial charge < -0.3 is 24.6 Å². The predicted molar refractivity (Wildman–Crippen MR) is 107 cm³/mol. The molecule has 1 aromatic heterocycles. The molecule has 1 aliphatic heterocycles. The van der Waals surface area contributed by atoms with E-state index in [4.69, 9.17) is 14.2 Å². The number of hydrogen-bond acceptors (Lipinski definition) is 7. The van der Waals surface area contributed by atoms with Crippen molar-refractivity contribution in [3.05, 3.63) is 54.1 Å². The molecular weight excluding hydrogens is 424 g/mol. The first kappa shape index (κ1) is 22.5. The van der Waals surface area contributed by atoms with Crippen molar-refractivity contribution < 1.29 is 32.9 Å². The first-order valence-corrected chi connectivity index (χ1v) is 10.6. The Balaban J connectivity index is 1.35. The van der Waals surface area contributed by atoms with Gasteiger partial charge >= 0.3 is 0 Å². The summed E-state index contributed by atoms with van der Waals surface area (Å²) in [5.74, 6) is -2.24. The van der Waals surface area contributed by atoms with Crippen molar-refractivity contribution in [2.45, 2.75) is 56.1 Å². The minimum atomic E-state index is -1.65. The molecule has 0 radical (unpaired) electrons. The average molecular weight is 449 g/mol. The monoisotopic (exact) mass is 449 g/mol. The van der Waals surface area contributed by atoms with E-state index in [-0.39, 0.29) is 24.9 Å². The van der Waals surface area contributed by atoms with Crippen LogP contribution in [0.4, 0.5) is 8.78 Å². The Morgan fingerprint density at radius 3 is 2.75 bits per heavy atom. The van der Waals surface area contributed by atoms with Crippen LogP contribution in [-0.4, -0.2) is 52.2 Å². The fourth-order valence-corrected chi connectivity index (χ4v) is 3.80. The first-order chi connectivity index (χ1) is 15.4. The molecule has 4 rings (SSSR count). The summed E-state index contributed by atoms with van der Waals surface area (Å²) in [6, 6.07) is 2.49. The van der Waals surface area contributed by atoms with Gasteiger partial charge in [-0.25, -0.2) is 8.78 Å². The molecule has 2 heterocycles. The fourth-order valence-electron chi connectivity index (χ4n) is 3.80. The third kappa shape index (κ3) is 5.37. The van der Waals surface area contributed by atoms with Crippen LogP contribution in [0.5, 0.6) is 5.75 Å². The molecule has 172 valence electrons. The topological polar surface area (TPSA) is 103 Å². The largest absolute Gasteiger partial charge is 0.487 e.